The van der Waals surface area contributed by atoms with E-state index in [9.17, 15) is 5.11 Å². The first-order valence-corrected chi connectivity index (χ1v) is 39.3. The van der Waals surface area contributed by atoms with Crippen molar-refractivity contribution >= 4 is 0 Å². The Morgan fingerprint density at radius 1 is 0.142 bits per heavy atom. The summed E-state index contributed by atoms with van der Waals surface area (Å²) in [5, 5.41) is 10.9. The van der Waals surface area contributed by atoms with Crippen LogP contribution in [0.25, 0.3) is 89.0 Å². The topological polar surface area (TPSA) is 149 Å². The highest BCUT2D eigenvalue weighted by atomic mass is 16.5. The molecule has 0 amide bonds. The van der Waals surface area contributed by atoms with Gasteiger partial charge in [-0.2, -0.15) is 0 Å². The van der Waals surface area contributed by atoms with Gasteiger partial charge in [-0.3, -0.25) is 0 Å². The zero-order valence-electron chi connectivity index (χ0n) is 68.2. The lowest BCUT2D eigenvalue weighted by Gasteiger charge is -2.17. The predicted octanol–water partition coefficient (Wildman–Crippen LogP) is 24.1. The lowest BCUT2D eigenvalue weighted by molar-refractivity contribution is 0.267. The van der Waals surface area contributed by atoms with Gasteiger partial charge < -0.3 is 71.4 Å². The minimum atomic E-state index is -0.282. The second-order valence-corrected chi connectivity index (χ2v) is 28.8. The van der Waals surface area contributed by atoms with E-state index in [-0.39, 0.29) is 46.2 Å². The first-order valence-electron chi connectivity index (χ1n) is 39.3. The van der Waals surface area contributed by atoms with Gasteiger partial charge in [0, 0.05) is 18.2 Å². The van der Waals surface area contributed by atoms with Crippen LogP contribution in [0.2, 0.25) is 0 Å². The number of benzene rings is 15. The maximum Gasteiger partial charge on any atom is 0.123 e. The predicted molar refractivity (Wildman–Crippen MR) is 473 cm³/mol. The molecule has 15 rings (SSSR count). The normalized spacial score (nSPS) is 10.9. The maximum absolute atomic E-state index is 10.9. The van der Waals surface area contributed by atoms with Crippen LogP contribution in [-0.2, 0) is 46.2 Å². The molecular formula is C105H92O15. The fraction of sp³-hybridized carbons (Fsp3) is 0.143. The zero-order valence-corrected chi connectivity index (χ0v) is 68.2. The lowest BCUT2D eigenvalue weighted by Crippen LogP contribution is -2.03. The molecule has 0 fully saturated rings. The van der Waals surface area contributed by atoms with Gasteiger partial charge in [0.05, 0.1) is 63.5 Å². The number of methoxy groups -OCH3 is 8. The van der Waals surface area contributed by atoms with Gasteiger partial charge in [-0.15, -0.1) is 0 Å². The molecule has 0 heterocycles. The highest BCUT2D eigenvalue weighted by molar-refractivity contribution is 5.79. The van der Waals surface area contributed by atoms with E-state index in [2.05, 4.69) is 170 Å². The van der Waals surface area contributed by atoms with Gasteiger partial charge in [0.1, 0.15) is 120 Å². The standard InChI is InChI=1S/C105H92O15/c1-107-92-25-9-76(10-26-92)84-41-70(42-85(55-84)77-11-27-93(108-2)28-12-77)63-115-102-51-74(52-103(60-102)116-64-71-43-86(78-13-29-94(109-3)30-14-78)56-87(44-71)79-15-31-95(110-4)32-16-79)67-119-100-49-69(62-106)50-101(59-100)120-68-75-53-104(117-65-72-45-88(80-17-33-96(111-5)34-18-80)57-89(46-72)81-19-35-97(112-6)36-20-81)61-105(54-75)118-66-73-47-90(82-21-37-98(113-7)38-22-82)58-91(48-73)83-23-39-99(114-8)40-24-83/h9-61,106H,62-68H2,1-8H3. The van der Waals surface area contributed by atoms with Crippen LogP contribution in [0.4, 0.5) is 0 Å². The van der Waals surface area contributed by atoms with Crippen molar-refractivity contribution in [2.45, 2.75) is 46.2 Å². The van der Waals surface area contributed by atoms with E-state index in [0.29, 0.717) is 40.1 Å². The maximum atomic E-state index is 10.9. The van der Waals surface area contributed by atoms with Crippen molar-refractivity contribution in [3.8, 4) is 170 Å². The molecule has 0 spiro atoms. The van der Waals surface area contributed by atoms with Crippen molar-refractivity contribution in [2.75, 3.05) is 56.9 Å². The van der Waals surface area contributed by atoms with E-state index in [1.54, 1.807) is 56.9 Å². The molecule has 0 bridgehead atoms. The minimum Gasteiger partial charge on any atom is -0.497 e. The summed E-state index contributed by atoms with van der Waals surface area (Å²) >= 11 is 0. The molecule has 1 N–H and O–H groups in total. The Kier molecular flexibility index (Phi) is 25.9. The SMILES string of the molecule is COc1ccc(-c2cc(COc3cc(COc4cc(CO)cc(OCc5cc(OCc6cc(-c7ccc(OC)cc7)cc(-c7ccc(OC)cc7)c6)cc(OCc6cc(-c7ccc(OC)cc7)cc(-c7ccc(OC)cc7)c6)c5)c4)cc(OCc4cc(-c5ccc(OC)cc5)cc(-c5ccc(OC)cc5)c4)c3)cc(-c3ccc(OC)cc3)c2)cc1. The Hall–Kier alpha value is -14.5. The number of rotatable bonds is 35. The molecule has 0 saturated heterocycles. The number of aliphatic hydroxyl groups is 1. The molecule has 0 saturated carbocycles. The number of ether oxygens (including phenoxy) is 14. The molecule has 0 atom stereocenters. The third-order valence-corrected chi connectivity index (χ3v) is 20.8. The van der Waals surface area contributed by atoms with Crippen molar-refractivity contribution in [3.05, 3.63) is 360 Å². The van der Waals surface area contributed by atoms with Gasteiger partial charge in [0.15, 0.2) is 0 Å². The van der Waals surface area contributed by atoms with Gasteiger partial charge in [-0.05, 0) is 334 Å². The first kappa shape index (κ1) is 80.6. The van der Waals surface area contributed by atoms with Gasteiger partial charge in [-0.25, -0.2) is 0 Å². The summed E-state index contributed by atoms with van der Waals surface area (Å²) in [7, 11) is 13.3. The summed E-state index contributed by atoms with van der Waals surface area (Å²) in [6.07, 6.45) is 0. The molecule has 15 heteroatoms. The van der Waals surface area contributed by atoms with Crippen molar-refractivity contribution in [2.24, 2.45) is 0 Å². The van der Waals surface area contributed by atoms with Crippen molar-refractivity contribution in [1.29, 1.82) is 0 Å². The van der Waals surface area contributed by atoms with Gasteiger partial charge >= 0.3 is 0 Å². The lowest BCUT2D eigenvalue weighted by atomic mass is 9.96. The molecule has 15 aromatic rings. The van der Waals surface area contributed by atoms with Crippen molar-refractivity contribution < 1.29 is 71.4 Å². The molecule has 0 aromatic heterocycles. The smallest absolute Gasteiger partial charge is 0.123 e. The van der Waals surface area contributed by atoms with Crippen molar-refractivity contribution in [1.82, 2.24) is 0 Å². The average Bonchev–Trinajstić information content (AvgIpc) is 0.812. The Bertz CT molecular complexity index is 5000. The second kappa shape index (κ2) is 38.5. The molecule has 0 radical (unpaired) electrons. The largest absolute Gasteiger partial charge is 0.497 e. The molecule has 15 nitrogen and oxygen atoms in total. The molecule has 120 heavy (non-hydrogen) atoms. The quantitative estimate of drug-likeness (QED) is 0.0401. The Morgan fingerprint density at radius 2 is 0.275 bits per heavy atom. The number of aliphatic hydroxyl groups excluding tert-OH is 1. The summed E-state index contributed by atoms with van der Waals surface area (Å²) in [6.45, 7) is 0.737. The third-order valence-electron chi connectivity index (χ3n) is 20.8. The monoisotopic (exact) mass is 1590 g/mol. The van der Waals surface area contributed by atoms with Crippen LogP contribution in [-0.4, -0.2) is 62.0 Å². The van der Waals surface area contributed by atoms with Crippen LogP contribution in [0.1, 0.15) is 38.9 Å². The Labute approximate surface area is 700 Å². The second-order valence-electron chi connectivity index (χ2n) is 28.8. The van der Waals surface area contributed by atoms with E-state index in [1.807, 2.05) is 152 Å². The average molecular weight is 1590 g/mol. The van der Waals surface area contributed by atoms with Gasteiger partial charge in [-0.1, -0.05) is 97.1 Å². The van der Waals surface area contributed by atoms with Crippen LogP contribution >= 0.6 is 0 Å². The van der Waals surface area contributed by atoms with Crippen LogP contribution in [0.5, 0.6) is 80.5 Å². The van der Waals surface area contributed by atoms with E-state index < -0.39 is 0 Å². The van der Waals surface area contributed by atoms with Crippen LogP contribution in [0.15, 0.2) is 322 Å². The molecule has 602 valence electrons. The molecular weight excluding hydrogens is 1500 g/mol. The Balaban J connectivity index is 0.736. The van der Waals surface area contributed by atoms with Gasteiger partial charge in [0.25, 0.3) is 0 Å². The molecule has 15 aromatic carbocycles. The third kappa shape index (κ3) is 20.6. The number of hydrogen-bond donors (Lipinski definition) is 1. The van der Waals surface area contributed by atoms with E-state index in [0.717, 1.165) is 168 Å². The summed E-state index contributed by atoms with van der Waals surface area (Å²) in [5.41, 5.74) is 22.1. The van der Waals surface area contributed by atoms with Crippen molar-refractivity contribution in [3.63, 3.8) is 0 Å². The minimum absolute atomic E-state index is 0.0836. The van der Waals surface area contributed by atoms with E-state index >= 15 is 0 Å². The first-order chi connectivity index (χ1) is 58.8. The fourth-order valence-electron chi connectivity index (χ4n) is 14.4. The van der Waals surface area contributed by atoms with E-state index in [1.165, 1.54) is 0 Å². The summed E-state index contributed by atoms with van der Waals surface area (Å²) in [6, 6.07) is 107. The molecule has 0 unspecified atom stereocenters. The summed E-state index contributed by atoms with van der Waals surface area (Å²) < 4.78 is 85.4. The molecule has 0 aliphatic heterocycles. The van der Waals surface area contributed by atoms with Crippen LogP contribution in [0, 0.1) is 0 Å². The highest BCUT2D eigenvalue weighted by Gasteiger charge is 2.18. The zero-order chi connectivity index (χ0) is 82.7. The number of hydrogen-bond acceptors (Lipinski definition) is 15. The Morgan fingerprint density at radius 3 is 0.408 bits per heavy atom. The van der Waals surface area contributed by atoms with Gasteiger partial charge in [0.2, 0.25) is 0 Å². The van der Waals surface area contributed by atoms with E-state index in [4.69, 9.17) is 66.3 Å². The fourth-order valence-corrected chi connectivity index (χ4v) is 14.4. The summed E-state index contributed by atoms with van der Waals surface area (Å²) in [5.74, 6) is 9.28. The van der Waals surface area contributed by atoms with Crippen LogP contribution in [0.3, 0.4) is 0 Å². The molecule has 0 aliphatic rings. The summed E-state index contributed by atoms with van der Waals surface area (Å²) in [4.78, 5) is 0. The highest BCUT2D eigenvalue weighted by Crippen LogP contribution is 2.40. The van der Waals surface area contributed by atoms with Crippen LogP contribution < -0.4 is 66.3 Å². The molecule has 0 aliphatic carbocycles.